The molecule has 1 aromatic heterocycles. The highest BCUT2D eigenvalue weighted by atomic mass is 35.5. The van der Waals surface area contributed by atoms with Gasteiger partial charge in [0, 0.05) is 23.4 Å². The summed E-state index contributed by atoms with van der Waals surface area (Å²) in [4.78, 5) is 42.1. The second kappa shape index (κ2) is 10.9. The van der Waals surface area contributed by atoms with E-state index in [1.807, 2.05) is 0 Å². The first-order valence-corrected chi connectivity index (χ1v) is 13.1. The van der Waals surface area contributed by atoms with Crippen molar-refractivity contribution in [3.8, 4) is 11.4 Å². The number of benzene rings is 2. The molecule has 2 N–H and O–H groups in total. The number of fused-ring (bicyclic) bond motifs is 1. The number of amides is 2. The molecule has 9 nitrogen and oxygen atoms in total. The molecule has 1 aliphatic heterocycles. The van der Waals surface area contributed by atoms with Crippen molar-refractivity contribution in [3.63, 3.8) is 0 Å². The first-order chi connectivity index (χ1) is 19.0. The van der Waals surface area contributed by atoms with Crippen LogP contribution in [-0.4, -0.2) is 44.5 Å². The van der Waals surface area contributed by atoms with Crippen molar-refractivity contribution in [2.45, 2.75) is 58.8 Å². The SMILES string of the molecule is Cc1cc(OCc2ccc(F)cc2F)c(Cl)c(=O)n1-c1ccc2c(c1)N(C(=O)C(C)(C)O)CN2C(=O)CC(C)(C)O. The van der Waals surface area contributed by atoms with E-state index in [2.05, 4.69) is 0 Å². The predicted octanol–water partition coefficient (Wildman–Crippen LogP) is 4.23. The van der Waals surface area contributed by atoms with Crippen molar-refractivity contribution in [2.75, 3.05) is 16.5 Å². The molecule has 3 aromatic rings. The van der Waals surface area contributed by atoms with Gasteiger partial charge in [-0.15, -0.1) is 0 Å². The number of aromatic nitrogens is 1. The summed E-state index contributed by atoms with van der Waals surface area (Å²) in [6.07, 6.45) is -0.212. The highest BCUT2D eigenvalue weighted by Crippen LogP contribution is 2.40. The second-order valence-corrected chi connectivity index (χ2v) is 11.4. The number of carbonyl (C=O) groups excluding carboxylic acids is 2. The van der Waals surface area contributed by atoms with Crippen LogP contribution in [0.3, 0.4) is 0 Å². The van der Waals surface area contributed by atoms with Gasteiger partial charge in [-0.25, -0.2) is 8.78 Å². The fourth-order valence-electron chi connectivity index (χ4n) is 4.47. The molecule has 4 rings (SSSR count). The van der Waals surface area contributed by atoms with Gasteiger partial charge in [0.1, 0.15) is 41.3 Å². The number of aliphatic hydroxyl groups is 2. The monoisotopic (exact) mass is 589 g/mol. The zero-order valence-corrected chi connectivity index (χ0v) is 23.9. The minimum Gasteiger partial charge on any atom is -0.487 e. The number of ether oxygens (including phenoxy) is 1. The maximum atomic E-state index is 14.0. The van der Waals surface area contributed by atoms with Crippen LogP contribution >= 0.6 is 11.6 Å². The Morgan fingerprint density at radius 3 is 2.29 bits per heavy atom. The molecule has 2 amide bonds. The highest BCUT2D eigenvalue weighted by Gasteiger charge is 2.40. The molecule has 0 radical (unpaired) electrons. The molecule has 2 aromatic carbocycles. The van der Waals surface area contributed by atoms with E-state index < -0.39 is 40.2 Å². The van der Waals surface area contributed by atoms with Gasteiger partial charge in [-0.2, -0.15) is 0 Å². The lowest BCUT2D eigenvalue weighted by Crippen LogP contribution is -2.48. The molecule has 1 aliphatic rings. The zero-order valence-electron chi connectivity index (χ0n) is 23.2. The Bertz CT molecular complexity index is 1590. The minimum absolute atomic E-state index is 0.00229. The number of nitrogens with zero attached hydrogens (tertiary/aromatic N) is 3. The third-order valence-electron chi connectivity index (χ3n) is 6.43. The van der Waals surface area contributed by atoms with Gasteiger partial charge in [0.15, 0.2) is 0 Å². The maximum absolute atomic E-state index is 14.0. The summed E-state index contributed by atoms with van der Waals surface area (Å²) < 4.78 is 34.1. The van der Waals surface area contributed by atoms with Crippen LogP contribution in [0, 0.1) is 18.6 Å². The summed E-state index contributed by atoms with van der Waals surface area (Å²) in [5.41, 5.74) is -2.30. The van der Waals surface area contributed by atoms with Gasteiger partial charge < -0.3 is 14.9 Å². The van der Waals surface area contributed by atoms with Crippen LogP contribution < -0.4 is 20.1 Å². The van der Waals surface area contributed by atoms with E-state index in [9.17, 15) is 33.4 Å². The highest BCUT2D eigenvalue weighted by molar-refractivity contribution is 6.31. The molecular formula is C29H30ClF2N3O6. The predicted molar refractivity (Wildman–Crippen MR) is 150 cm³/mol. The molecule has 218 valence electrons. The number of carbonyl (C=O) groups is 2. The van der Waals surface area contributed by atoms with Gasteiger partial charge in [-0.1, -0.05) is 11.6 Å². The van der Waals surface area contributed by atoms with E-state index in [1.165, 1.54) is 60.3 Å². The van der Waals surface area contributed by atoms with Gasteiger partial charge in [0.05, 0.1) is 29.1 Å². The zero-order chi connectivity index (χ0) is 30.4. The first-order valence-electron chi connectivity index (χ1n) is 12.7. The topological polar surface area (TPSA) is 112 Å². The fraction of sp³-hybridized carbons (Fsp3) is 0.345. The first kappa shape index (κ1) is 30.2. The van der Waals surface area contributed by atoms with Crippen LogP contribution in [0.1, 0.15) is 45.4 Å². The summed E-state index contributed by atoms with van der Waals surface area (Å²) in [5, 5.41) is 20.3. The number of aryl methyl sites for hydroxylation is 1. The van der Waals surface area contributed by atoms with Crippen LogP contribution in [0.5, 0.6) is 5.75 Å². The number of hydrogen-bond donors (Lipinski definition) is 2. The normalized spacial score (nSPS) is 13.4. The molecule has 0 atom stereocenters. The number of halogens is 3. The van der Waals surface area contributed by atoms with Crippen LogP contribution in [0.4, 0.5) is 20.2 Å². The van der Waals surface area contributed by atoms with Crippen molar-refractivity contribution in [2.24, 2.45) is 0 Å². The molecule has 0 spiro atoms. The number of hydrogen-bond acceptors (Lipinski definition) is 6. The Morgan fingerprint density at radius 1 is 1.00 bits per heavy atom. The minimum atomic E-state index is -1.76. The molecule has 12 heteroatoms. The lowest BCUT2D eigenvalue weighted by atomic mass is 10.0. The second-order valence-electron chi connectivity index (χ2n) is 11.0. The maximum Gasteiger partial charge on any atom is 0.277 e. The van der Waals surface area contributed by atoms with Gasteiger partial charge in [0.25, 0.3) is 11.5 Å². The van der Waals surface area contributed by atoms with Crippen molar-refractivity contribution in [1.82, 2.24) is 4.57 Å². The molecule has 0 bridgehead atoms. The Morgan fingerprint density at radius 2 is 1.68 bits per heavy atom. The molecule has 0 saturated heterocycles. The Balaban J connectivity index is 1.73. The quantitative estimate of drug-likeness (QED) is 0.427. The summed E-state index contributed by atoms with van der Waals surface area (Å²) in [6.45, 7) is 6.76. The van der Waals surface area contributed by atoms with Crippen molar-refractivity contribution < 1.29 is 33.3 Å². The molecule has 0 saturated carbocycles. The van der Waals surface area contributed by atoms with E-state index in [0.29, 0.717) is 17.1 Å². The van der Waals surface area contributed by atoms with Gasteiger partial charge in [-0.05, 0) is 65.0 Å². The van der Waals surface area contributed by atoms with Crippen LogP contribution in [0.25, 0.3) is 5.69 Å². The fourth-order valence-corrected chi connectivity index (χ4v) is 4.67. The summed E-state index contributed by atoms with van der Waals surface area (Å²) in [5.74, 6) is -2.65. The third kappa shape index (κ3) is 6.27. The Kier molecular flexibility index (Phi) is 8.01. The lowest BCUT2D eigenvalue weighted by molar-refractivity contribution is -0.133. The van der Waals surface area contributed by atoms with Gasteiger partial charge >= 0.3 is 0 Å². The van der Waals surface area contributed by atoms with E-state index >= 15 is 0 Å². The van der Waals surface area contributed by atoms with E-state index in [1.54, 1.807) is 19.1 Å². The smallest absolute Gasteiger partial charge is 0.277 e. The average Bonchev–Trinajstić information content (AvgIpc) is 3.23. The largest absolute Gasteiger partial charge is 0.487 e. The summed E-state index contributed by atoms with van der Waals surface area (Å²) in [7, 11) is 0. The molecular weight excluding hydrogens is 560 g/mol. The summed E-state index contributed by atoms with van der Waals surface area (Å²) in [6, 6.07) is 9.18. The van der Waals surface area contributed by atoms with E-state index in [0.717, 1.165) is 12.1 Å². The van der Waals surface area contributed by atoms with Gasteiger partial charge in [0.2, 0.25) is 5.91 Å². The van der Waals surface area contributed by atoms with Crippen molar-refractivity contribution in [3.05, 3.63) is 80.7 Å². The van der Waals surface area contributed by atoms with Crippen LogP contribution in [-0.2, 0) is 16.2 Å². The number of anilines is 2. The summed E-state index contributed by atoms with van der Waals surface area (Å²) >= 11 is 6.35. The number of rotatable bonds is 7. The van der Waals surface area contributed by atoms with Crippen LogP contribution in [0.2, 0.25) is 5.02 Å². The lowest BCUT2D eigenvalue weighted by Gasteiger charge is -2.26. The Hall–Kier alpha value is -3.80. The Labute approximate surface area is 240 Å². The molecule has 0 unspecified atom stereocenters. The molecule has 0 fully saturated rings. The van der Waals surface area contributed by atoms with E-state index in [4.69, 9.17) is 16.3 Å². The standard InChI is InChI=1S/C29H30ClF2N3O6/c1-16-10-23(41-14-17-6-7-18(31)11-20(17)32)25(30)26(37)35(16)19-8-9-21-22(12-19)34(27(38)29(4,5)40)15-33(21)24(36)13-28(2,3)39/h6-12,39-40H,13-15H2,1-5H3. The van der Waals surface area contributed by atoms with Gasteiger partial charge in [-0.3, -0.25) is 28.8 Å². The number of pyridine rings is 1. The van der Waals surface area contributed by atoms with Crippen LogP contribution in [0.15, 0.2) is 47.3 Å². The van der Waals surface area contributed by atoms with Crippen molar-refractivity contribution in [1.29, 1.82) is 0 Å². The molecule has 2 heterocycles. The molecule has 0 aliphatic carbocycles. The van der Waals surface area contributed by atoms with Crippen molar-refractivity contribution >= 4 is 34.8 Å². The third-order valence-corrected chi connectivity index (χ3v) is 6.78. The molecule has 41 heavy (non-hydrogen) atoms. The average molecular weight is 590 g/mol. The van der Waals surface area contributed by atoms with E-state index in [-0.39, 0.29) is 41.7 Å².